The molecule has 82 valence electrons. The summed E-state index contributed by atoms with van der Waals surface area (Å²) in [6, 6.07) is 7.77. The van der Waals surface area contributed by atoms with Gasteiger partial charge in [-0.3, -0.25) is 4.79 Å². The van der Waals surface area contributed by atoms with Crippen molar-refractivity contribution in [1.29, 1.82) is 0 Å². The Labute approximate surface area is 96.0 Å². The number of halogens is 1. The van der Waals surface area contributed by atoms with Gasteiger partial charge < -0.3 is 5.11 Å². The van der Waals surface area contributed by atoms with E-state index in [9.17, 15) is 13.2 Å². The third-order valence-corrected chi connectivity index (χ3v) is 4.64. The summed E-state index contributed by atoms with van der Waals surface area (Å²) in [7, 11) is -3.53. The first-order chi connectivity index (χ1) is 6.93. The van der Waals surface area contributed by atoms with Crippen LogP contribution in [-0.2, 0) is 14.6 Å². The second-order valence-corrected chi connectivity index (χ2v) is 6.04. The van der Waals surface area contributed by atoms with E-state index in [1.807, 2.05) is 0 Å². The summed E-state index contributed by atoms with van der Waals surface area (Å²) in [5.74, 6) is -1.64. The molecular formula is C9H9BrO4S. The molecule has 6 heteroatoms. The average Bonchev–Trinajstić information content (AvgIpc) is 2.18. The first kappa shape index (κ1) is 12.2. The topological polar surface area (TPSA) is 71.4 Å². The van der Waals surface area contributed by atoms with Crippen LogP contribution in [0, 0.1) is 0 Å². The molecule has 0 fully saturated rings. The molecule has 0 aliphatic heterocycles. The van der Waals surface area contributed by atoms with Gasteiger partial charge in [-0.2, -0.15) is 0 Å². The summed E-state index contributed by atoms with van der Waals surface area (Å²) in [5.41, 5.74) is 0. The van der Waals surface area contributed by atoms with Gasteiger partial charge in [0.1, 0.15) is 4.83 Å². The number of carboxylic acid groups (broad SMARTS) is 1. The third kappa shape index (κ3) is 3.32. The van der Waals surface area contributed by atoms with Crippen molar-refractivity contribution >= 4 is 31.7 Å². The molecule has 0 radical (unpaired) electrons. The monoisotopic (exact) mass is 292 g/mol. The van der Waals surface area contributed by atoms with Gasteiger partial charge in [0.05, 0.1) is 10.6 Å². The Bertz CT molecular complexity index is 440. The average molecular weight is 293 g/mol. The molecule has 1 rings (SSSR count). The second kappa shape index (κ2) is 4.76. The highest BCUT2D eigenvalue weighted by atomic mass is 79.9. The van der Waals surface area contributed by atoms with Gasteiger partial charge in [0.15, 0.2) is 9.84 Å². The van der Waals surface area contributed by atoms with Gasteiger partial charge in [-0.1, -0.05) is 34.1 Å². The fraction of sp³-hybridized carbons (Fsp3) is 0.222. The molecule has 1 N–H and O–H groups in total. The van der Waals surface area contributed by atoms with Gasteiger partial charge in [-0.25, -0.2) is 8.42 Å². The van der Waals surface area contributed by atoms with Crippen LogP contribution in [0.1, 0.15) is 0 Å². The van der Waals surface area contributed by atoms with Crippen molar-refractivity contribution in [2.75, 3.05) is 5.75 Å². The van der Waals surface area contributed by atoms with Gasteiger partial charge in [0, 0.05) is 0 Å². The largest absolute Gasteiger partial charge is 0.480 e. The lowest BCUT2D eigenvalue weighted by atomic mass is 10.4. The lowest BCUT2D eigenvalue weighted by Crippen LogP contribution is -2.23. The highest BCUT2D eigenvalue weighted by Crippen LogP contribution is 2.14. The van der Waals surface area contributed by atoms with Gasteiger partial charge in [0.25, 0.3) is 0 Å². The SMILES string of the molecule is O=C(O)C(Br)CS(=O)(=O)c1ccccc1. The van der Waals surface area contributed by atoms with Crippen LogP contribution >= 0.6 is 15.9 Å². The van der Waals surface area contributed by atoms with Crippen molar-refractivity contribution in [2.45, 2.75) is 9.72 Å². The molecule has 0 saturated carbocycles. The number of aliphatic carboxylic acids is 1. The normalized spacial score (nSPS) is 13.4. The zero-order chi connectivity index (χ0) is 11.5. The molecule has 0 spiro atoms. The Balaban J connectivity index is 2.91. The van der Waals surface area contributed by atoms with Crippen molar-refractivity contribution in [3.05, 3.63) is 30.3 Å². The molecule has 15 heavy (non-hydrogen) atoms. The van der Waals surface area contributed by atoms with E-state index in [1.165, 1.54) is 12.1 Å². The summed E-state index contributed by atoms with van der Waals surface area (Å²) in [4.78, 5) is 9.55. The second-order valence-electron chi connectivity index (χ2n) is 2.90. The van der Waals surface area contributed by atoms with Crippen LogP contribution in [0.5, 0.6) is 0 Å². The highest BCUT2D eigenvalue weighted by molar-refractivity contribution is 9.10. The Kier molecular flexibility index (Phi) is 3.87. The van der Waals surface area contributed by atoms with Crippen LogP contribution in [0.4, 0.5) is 0 Å². The minimum atomic E-state index is -3.53. The highest BCUT2D eigenvalue weighted by Gasteiger charge is 2.23. The quantitative estimate of drug-likeness (QED) is 0.850. The summed E-state index contributed by atoms with van der Waals surface area (Å²) in [6.45, 7) is 0. The number of hydrogen-bond donors (Lipinski definition) is 1. The zero-order valence-corrected chi connectivity index (χ0v) is 10.0. The van der Waals surface area contributed by atoms with Crippen molar-refractivity contribution in [3.63, 3.8) is 0 Å². The number of rotatable bonds is 4. The lowest BCUT2D eigenvalue weighted by molar-refractivity contribution is -0.135. The van der Waals surface area contributed by atoms with Crippen LogP contribution in [0.25, 0.3) is 0 Å². The Hall–Kier alpha value is -0.880. The van der Waals surface area contributed by atoms with E-state index in [2.05, 4.69) is 15.9 Å². The van der Waals surface area contributed by atoms with Gasteiger partial charge >= 0.3 is 5.97 Å². The summed E-state index contributed by atoms with van der Waals surface area (Å²) < 4.78 is 23.3. The molecule has 0 aromatic heterocycles. The smallest absolute Gasteiger partial charge is 0.318 e. The van der Waals surface area contributed by atoms with Crippen LogP contribution in [0.3, 0.4) is 0 Å². The summed E-state index contributed by atoms with van der Waals surface area (Å²) >= 11 is 2.80. The standard InChI is InChI=1S/C9H9BrO4S/c10-8(9(11)12)6-15(13,14)7-4-2-1-3-5-7/h1-5,8H,6H2,(H,11,12). The van der Waals surface area contributed by atoms with E-state index < -0.39 is 26.4 Å². The number of hydrogen-bond acceptors (Lipinski definition) is 3. The number of sulfone groups is 1. The lowest BCUT2D eigenvalue weighted by Gasteiger charge is -2.06. The van der Waals surface area contributed by atoms with Crippen molar-refractivity contribution in [3.8, 4) is 0 Å². The molecule has 0 heterocycles. The molecule has 1 unspecified atom stereocenters. The Morgan fingerprint density at radius 3 is 2.33 bits per heavy atom. The molecule has 1 aromatic rings. The number of alkyl halides is 1. The van der Waals surface area contributed by atoms with Crippen molar-refractivity contribution < 1.29 is 18.3 Å². The number of benzene rings is 1. The van der Waals surface area contributed by atoms with E-state index in [0.29, 0.717) is 0 Å². The van der Waals surface area contributed by atoms with Gasteiger partial charge in [0.2, 0.25) is 0 Å². The number of carbonyl (C=O) groups is 1. The maximum atomic E-state index is 11.7. The van der Waals surface area contributed by atoms with Gasteiger partial charge in [-0.05, 0) is 12.1 Å². The predicted octanol–water partition coefficient (Wildman–Crippen LogP) is 1.31. The molecule has 0 aliphatic rings. The van der Waals surface area contributed by atoms with Crippen molar-refractivity contribution in [2.24, 2.45) is 0 Å². The molecular weight excluding hydrogens is 284 g/mol. The molecule has 1 atom stereocenters. The predicted molar refractivity (Wildman–Crippen MR) is 58.8 cm³/mol. The van der Waals surface area contributed by atoms with E-state index in [1.54, 1.807) is 18.2 Å². The molecule has 0 amide bonds. The van der Waals surface area contributed by atoms with Crippen LogP contribution < -0.4 is 0 Å². The fourth-order valence-electron chi connectivity index (χ4n) is 0.988. The first-order valence-electron chi connectivity index (χ1n) is 4.08. The van der Waals surface area contributed by atoms with Crippen LogP contribution in [0.2, 0.25) is 0 Å². The first-order valence-corrected chi connectivity index (χ1v) is 6.65. The molecule has 0 aliphatic carbocycles. The molecule has 0 saturated heterocycles. The minimum Gasteiger partial charge on any atom is -0.480 e. The minimum absolute atomic E-state index is 0.135. The van der Waals surface area contributed by atoms with Gasteiger partial charge in [-0.15, -0.1) is 0 Å². The Morgan fingerprint density at radius 1 is 1.33 bits per heavy atom. The van der Waals surface area contributed by atoms with E-state index in [0.717, 1.165) is 0 Å². The fourth-order valence-corrected chi connectivity index (χ4v) is 3.32. The van der Waals surface area contributed by atoms with E-state index in [4.69, 9.17) is 5.11 Å². The van der Waals surface area contributed by atoms with E-state index >= 15 is 0 Å². The van der Waals surface area contributed by atoms with Crippen LogP contribution in [-0.4, -0.2) is 30.1 Å². The maximum absolute atomic E-state index is 11.7. The van der Waals surface area contributed by atoms with E-state index in [-0.39, 0.29) is 4.90 Å². The number of carboxylic acids is 1. The Morgan fingerprint density at radius 2 is 1.87 bits per heavy atom. The third-order valence-electron chi connectivity index (χ3n) is 1.74. The molecule has 4 nitrogen and oxygen atoms in total. The van der Waals surface area contributed by atoms with Crippen molar-refractivity contribution in [1.82, 2.24) is 0 Å². The summed E-state index contributed by atoms with van der Waals surface area (Å²) in [5, 5.41) is 8.58. The summed E-state index contributed by atoms with van der Waals surface area (Å²) in [6.07, 6.45) is 0. The molecule has 0 bridgehead atoms. The zero-order valence-electron chi connectivity index (χ0n) is 7.63. The van der Waals surface area contributed by atoms with Crippen LogP contribution in [0.15, 0.2) is 35.2 Å². The maximum Gasteiger partial charge on any atom is 0.318 e. The molecule has 1 aromatic carbocycles.